The maximum Gasteiger partial charge on any atom is 0.251 e. The van der Waals surface area contributed by atoms with Crippen molar-refractivity contribution in [2.45, 2.75) is 24.8 Å². The quantitative estimate of drug-likeness (QED) is 0.734. The van der Waals surface area contributed by atoms with Gasteiger partial charge in [0.1, 0.15) is 5.75 Å². The summed E-state index contributed by atoms with van der Waals surface area (Å²) >= 11 is 1.46. The zero-order valence-electron chi connectivity index (χ0n) is 16.7. The van der Waals surface area contributed by atoms with E-state index in [1.807, 2.05) is 37.3 Å². The molecule has 2 aliphatic heterocycles. The van der Waals surface area contributed by atoms with E-state index in [0.717, 1.165) is 22.6 Å². The van der Waals surface area contributed by atoms with E-state index in [9.17, 15) is 13.2 Å². The molecular formula is C21H23N3O4S2. The molecule has 2 heterocycles. The average molecular weight is 446 g/mol. The van der Waals surface area contributed by atoms with Crippen molar-refractivity contribution < 1.29 is 17.9 Å². The van der Waals surface area contributed by atoms with Gasteiger partial charge in [0.15, 0.2) is 15.0 Å². The number of hydrogen-bond acceptors (Lipinski definition) is 7. The lowest BCUT2D eigenvalue weighted by Crippen LogP contribution is -2.23. The van der Waals surface area contributed by atoms with Gasteiger partial charge in [0, 0.05) is 23.0 Å². The summed E-state index contributed by atoms with van der Waals surface area (Å²) in [4.78, 5) is 17.1. The molecular weight excluding hydrogens is 422 g/mol. The predicted octanol–water partition coefficient (Wildman–Crippen LogP) is 2.61. The Morgan fingerprint density at radius 3 is 2.67 bits per heavy atom. The number of aliphatic imine (C=N–C) groups is 1. The van der Waals surface area contributed by atoms with E-state index in [2.05, 4.69) is 15.6 Å². The van der Waals surface area contributed by atoms with E-state index in [1.54, 1.807) is 19.2 Å². The number of rotatable bonds is 5. The SMILES string of the molecule is COc1ccc(CNC(=O)c2ccc(C)c(NC3=N[C@@H]4CS(=O)(=O)C[C@H]4S3)c2)cc1. The first-order valence-corrected chi connectivity index (χ1v) is 12.3. The van der Waals surface area contributed by atoms with Gasteiger partial charge in [-0.2, -0.15) is 0 Å². The molecule has 0 radical (unpaired) electrons. The number of fused-ring (bicyclic) bond motifs is 1. The van der Waals surface area contributed by atoms with Crippen LogP contribution in [0.2, 0.25) is 0 Å². The Kier molecular flexibility index (Phi) is 5.75. The first-order chi connectivity index (χ1) is 14.3. The van der Waals surface area contributed by atoms with E-state index >= 15 is 0 Å². The number of nitrogens with zero attached hydrogens (tertiary/aromatic N) is 1. The fraction of sp³-hybridized carbons (Fsp3) is 0.333. The highest BCUT2D eigenvalue weighted by Crippen LogP contribution is 2.35. The van der Waals surface area contributed by atoms with Crippen LogP contribution in [0, 0.1) is 6.92 Å². The van der Waals surface area contributed by atoms with Gasteiger partial charge < -0.3 is 15.4 Å². The Bertz CT molecular complexity index is 1100. The molecule has 0 aliphatic carbocycles. The lowest BCUT2D eigenvalue weighted by molar-refractivity contribution is 0.0951. The molecule has 1 amide bonds. The first-order valence-electron chi connectivity index (χ1n) is 9.57. The summed E-state index contributed by atoms with van der Waals surface area (Å²) in [5.41, 5.74) is 3.30. The molecule has 9 heteroatoms. The van der Waals surface area contributed by atoms with Crippen LogP contribution >= 0.6 is 11.8 Å². The summed E-state index contributed by atoms with van der Waals surface area (Å²) in [7, 11) is -1.36. The molecule has 30 heavy (non-hydrogen) atoms. The fourth-order valence-corrected chi connectivity index (χ4v) is 7.12. The monoisotopic (exact) mass is 445 g/mol. The van der Waals surface area contributed by atoms with Gasteiger partial charge in [-0.05, 0) is 42.3 Å². The molecule has 0 saturated carbocycles. The van der Waals surface area contributed by atoms with Gasteiger partial charge in [0.05, 0.1) is 24.7 Å². The predicted molar refractivity (Wildman–Crippen MR) is 120 cm³/mol. The third kappa shape index (κ3) is 4.62. The van der Waals surface area contributed by atoms with E-state index in [-0.39, 0.29) is 28.7 Å². The number of thioether (sulfide) groups is 1. The molecule has 2 aromatic rings. The molecule has 158 valence electrons. The molecule has 2 N–H and O–H groups in total. The Morgan fingerprint density at radius 2 is 1.97 bits per heavy atom. The van der Waals surface area contributed by atoms with Gasteiger partial charge >= 0.3 is 0 Å². The zero-order chi connectivity index (χ0) is 21.3. The number of benzene rings is 2. The van der Waals surface area contributed by atoms with Crippen LogP contribution in [0.4, 0.5) is 5.69 Å². The van der Waals surface area contributed by atoms with Crippen LogP contribution in [0.15, 0.2) is 47.5 Å². The van der Waals surface area contributed by atoms with Gasteiger partial charge in [0.25, 0.3) is 5.91 Å². The molecule has 7 nitrogen and oxygen atoms in total. The largest absolute Gasteiger partial charge is 0.497 e. The van der Waals surface area contributed by atoms with Crippen molar-refractivity contribution in [3.05, 3.63) is 59.2 Å². The number of methoxy groups -OCH3 is 1. The lowest BCUT2D eigenvalue weighted by Gasteiger charge is -2.12. The van der Waals surface area contributed by atoms with Crippen molar-refractivity contribution in [1.29, 1.82) is 0 Å². The minimum atomic E-state index is -2.98. The minimum absolute atomic E-state index is 0.0196. The number of hydrogen-bond donors (Lipinski definition) is 2. The number of nitrogens with one attached hydrogen (secondary N) is 2. The molecule has 0 bridgehead atoms. The van der Waals surface area contributed by atoms with E-state index in [1.165, 1.54) is 11.8 Å². The van der Waals surface area contributed by atoms with Crippen LogP contribution in [-0.2, 0) is 16.4 Å². The summed E-state index contributed by atoms with van der Waals surface area (Å²) in [6.45, 7) is 2.37. The fourth-order valence-electron chi connectivity index (χ4n) is 3.46. The second-order valence-corrected chi connectivity index (χ2v) is 10.8. The summed E-state index contributed by atoms with van der Waals surface area (Å²) < 4.78 is 28.6. The van der Waals surface area contributed by atoms with Gasteiger partial charge in [-0.25, -0.2) is 8.42 Å². The third-order valence-electron chi connectivity index (χ3n) is 5.17. The summed E-state index contributed by atoms with van der Waals surface area (Å²) in [5.74, 6) is 0.888. The van der Waals surface area contributed by atoms with Crippen molar-refractivity contribution in [3.63, 3.8) is 0 Å². The Labute approximate surface area is 180 Å². The van der Waals surface area contributed by atoms with Gasteiger partial charge in [0.2, 0.25) is 0 Å². The van der Waals surface area contributed by atoms with Crippen molar-refractivity contribution in [2.75, 3.05) is 23.9 Å². The van der Waals surface area contributed by atoms with Crippen molar-refractivity contribution in [2.24, 2.45) is 4.99 Å². The molecule has 0 unspecified atom stereocenters. The standard InChI is InChI=1S/C21H23N3O4S2/c1-13-3-6-15(20(25)22-10-14-4-7-16(28-2)8-5-14)9-17(13)23-21-24-18-11-30(26,27)12-19(18)29-21/h3-9,18-19H,10-12H2,1-2H3,(H,22,25)(H,23,24)/t18-,19-/m1/s1. The van der Waals surface area contributed by atoms with Crippen LogP contribution in [0.5, 0.6) is 5.75 Å². The Balaban J connectivity index is 1.41. The number of ether oxygens (including phenoxy) is 1. The Hall–Kier alpha value is -2.52. The summed E-state index contributed by atoms with van der Waals surface area (Å²) in [5, 5.41) is 6.88. The maximum absolute atomic E-state index is 12.6. The number of aryl methyl sites for hydroxylation is 1. The molecule has 2 aliphatic rings. The van der Waals surface area contributed by atoms with Crippen molar-refractivity contribution >= 4 is 38.4 Å². The second kappa shape index (κ2) is 8.31. The smallest absolute Gasteiger partial charge is 0.251 e. The van der Waals surface area contributed by atoms with Crippen LogP contribution < -0.4 is 15.4 Å². The highest BCUT2D eigenvalue weighted by molar-refractivity contribution is 8.15. The summed E-state index contributed by atoms with van der Waals surface area (Å²) in [6, 6.07) is 12.8. The third-order valence-corrected chi connectivity index (χ3v) is 8.31. The van der Waals surface area contributed by atoms with E-state index < -0.39 is 9.84 Å². The van der Waals surface area contributed by atoms with E-state index in [0.29, 0.717) is 17.3 Å². The number of sulfone groups is 1. The Morgan fingerprint density at radius 1 is 1.20 bits per heavy atom. The molecule has 2 atom stereocenters. The van der Waals surface area contributed by atoms with Crippen LogP contribution in [0.25, 0.3) is 0 Å². The number of amidine groups is 1. The maximum atomic E-state index is 12.6. The zero-order valence-corrected chi connectivity index (χ0v) is 18.3. The number of amides is 1. The average Bonchev–Trinajstić information content (AvgIpc) is 3.20. The van der Waals surface area contributed by atoms with Gasteiger partial charge in [-0.3, -0.25) is 9.79 Å². The molecule has 1 saturated heterocycles. The molecule has 0 aromatic heterocycles. The highest BCUT2D eigenvalue weighted by Gasteiger charge is 2.42. The minimum Gasteiger partial charge on any atom is -0.497 e. The van der Waals surface area contributed by atoms with Gasteiger partial charge in [-0.1, -0.05) is 30.0 Å². The normalized spacial score (nSPS) is 21.6. The topological polar surface area (TPSA) is 96.9 Å². The summed E-state index contributed by atoms with van der Waals surface area (Å²) in [6.07, 6.45) is 0. The number of carbonyl (C=O) groups is 1. The first kappa shape index (κ1) is 20.7. The molecule has 0 spiro atoms. The van der Waals surface area contributed by atoms with Crippen LogP contribution in [0.1, 0.15) is 21.5 Å². The molecule has 2 aromatic carbocycles. The number of anilines is 1. The van der Waals surface area contributed by atoms with Gasteiger partial charge in [-0.15, -0.1) is 0 Å². The van der Waals surface area contributed by atoms with Crippen molar-refractivity contribution in [3.8, 4) is 5.75 Å². The van der Waals surface area contributed by atoms with E-state index in [4.69, 9.17) is 4.74 Å². The van der Waals surface area contributed by atoms with Crippen LogP contribution in [0.3, 0.4) is 0 Å². The highest BCUT2D eigenvalue weighted by atomic mass is 32.2. The molecule has 4 rings (SSSR count). The lowest BCUT2D eigenvalue weighted by atomic mass is 10.1. The second-order valence-electron chi connectivity index (χ2n) is 7.42. The van der Waals surface area contributed by atoms with Crippen LogP contribution in [-0.4, -0.2) is 49.4 Å². The number of carbonyl (C=O) groups excluding carboxylic acids is 1. The molecule has 1 fully saturated rings. The van der Waals surface area contributed by atoms with Crippen molar-refractivity contribution in [1.82, 2.24) is 5.32 Å².